The standard InChI is InChI=1S/C68H112N4O18/c1-20-23-27-67(55(76)87-48-37-59(4,5)69(80)60(6,7)38-48,56(77)88-49-39-61(8,9)70(81)62(10,11)40-49)29-25-32-85-53(74)46-34-45(52(73)84-31-22-3)35-47(36-46)54(75)86-33-26-30-68(28-24-21-2,57(78)89-50-41-63(12,13)71(82)64(14,15)42-50)58(79)90-51-43-65(16,17)72(83)66(18,19)44-51/h34-36,48-51,80-83H,20-33,37-44H2,1-19H3. The SMILES string of the molecule is CCCCC(CCCOC(=O)c1cc(C(=O)OCCC)cc(C(=O)OCCCC(CCCC)(C(=O)OC2CC(C)(C)N(O)C(C)(C)C2)C(=O)OC2CC(C)(C)N(O)C(C)(C)C2)c1)(C(=O)OC1CC(C)(C)N(O)C(C)(C)C1)C(=O)OC1CC(C)(C)N(O)C(C)(C)C1. The van der Waals surface area contributed by atoms with Crippen molar-refractivity contribution in [3.05, 3.63) is 34.9 Å². The van der Waals surface area contributed by atoms with E-state index in [2.05, 4.69) is 0 Å². The van der Waals surface area contributed by atoms with Crippen molar-refractivity contribution < 1.29 is 87.5 Å². The molecule has 1 aromatic rings. The van der Waals surface area contributed by atoms with Crippen LogP contribution in [0.25, 0.3) is 0 Å². The van der Waals surface area contributed by atoms with Crippen molar-refractivity contribution >= 4 is 41.8 Å². The third-order valence-corrected chi connectivity index (χ3v) is 19.0. The molecule has 0 aliphatic carbocycles. The van der Waals surface area contributed by atoms with Gasteiger partial charge in [-0.2, -0.15) is 20.3 Å². The summed E-state index contributed by atoms with van der Waals surface area (Å²) < 4.78 is 42.4. The van der Waals surface area contributed by atoms with Crippen LogP contribution in [0, 0.1) is 10.8 Å². The van der Waals surface area contributed by atoms with Gasteiger partial charge in [-0.3, -0.25) is 19.2 Å². The van der Waals surface area contributed by atoms with Gasteiger partial charge in [0.25, 0.3) is 0 Å². The molecule has 0 unspecified atom stereocenters. The molecular weight excluding hydrogens is 1160 g/mol. The Morgan fingerprint density at radius 3 is 0.756 bits per heavy atom. The van der Waals surface area contributed by atoms with Gasteiger partial charge in [-0.1, -0.05) is 46.5 Å². The van der Waals surface area contributed by atoms with Gasteiger partial charge in [-0.25, -0.2) is 14.4 Å². The number of carbonyl (C=O) groups is 7. The number of hydroxylamine groups is 8. The maximum atomic E-state index is 14.9. The fraction of sp³-hybridized carbons (Fsp3) is 0.809. The molecule has 4 N–H and O–H groups in total. The molecule has 0 spiro atoms. The van der Waals surface area contributed by atoms with Crippen molar-refractivity contribution in [2.24, 2.45) is 10.8 Å². The van der Waals surface area contributed by atoms with Crippen LogP contribution in [0.2, 0.25) is 0 Å². The lowest BCUT2D eigenvalue weighted by molar-refractivity contribution is -0.263. The molecule has 0 radical (unpaired) electrons. The molecule has 1 aromatic carbocycles. The van der Waals surface area contributed by atoms with E-state index in [1.165, 1.54) is 38.5 Å². The predicted octanol–water partition coefficient (Wildman–Crippen LogP) is 12.3. The summed E-state index contributed by atoms with van der Waals surface area (Å²) in [5, 5.41) is 49.4. The van der Waals surface area contributed by atoms with Crippen LogP contribution in [0.15, 0.2) is 18.2 Å². The summed E-state index contributed by atoms with van der Waals surface area (Å²) in [7, 11) is 0. The molecule has 22 nitrogen and oxygen atoms in total. The highest BCUT2D eigenvalue weighted by Gasteiger charge is 2.57. The number of unbranched alkanes of at least 4 members (excludes halogenated alkanes) is 2. The molecule has 22 heteroatoms. The van der Waals surface area contributed by atoms with Crippen LogP contribution in [-0.2, 0) is 52.3 Å². The van der Waals surface area contributed by atoms with E-state index >= 15 is 0 Å². The van der Waals surface area contributed by atoms with Gasteiger partial charge in [0.15, 0.2) is 10.8 Å². The molecule has 4 aliphatic heterocycles. The highest BCUT2D eigenvalue weighted by molar-refractivity contribution is 6.02. The number of esters is 7. The van der Waals surface area contributed by atoms with Crippen LogP contribution < -0.4 is 0 Å². The van der Waals surface area contributed by atoms with Crippen molar-refractivity contribution in [3.63, 3.8) is 0 Å². The summed E-state index contributed by atoms with van der Waals surface area (Å²) in [6.45, 7) is 34.6. The van der Waals surface area contributed by atoms with E-state index in [9.17, 15) is 54.4 Å². The van der Waals surface area contributed by atoms with Crippen molar-refractivity contribution in [2.75, 3.05) is 19.8 Å². The molecule has 4 heterocycles. The molecule has 0 atom stereocenters. The average molecular weight is 1270 g/mol. The van der Waals surface area contributed by atoms with Gasteiger partial charge >= 0.3 is 41.8 Å². The van der Waals surface area contributed by atoms with E-state index in [1.807, 2.05) is 125 Å². The van der Waals surface area contributed by atoms with Crippen molar-refractivity contribution in [3.8, 4) is 0 Å². The molecular formula is C68H112N4O18. The quantitative estimate of drug-likeness (QED) is 0.0276. The van der Waals surface area contributed by atoms with Crippen LogP contribution in [0.4, 0.5) is 0 Å². The van der Waals surface area contributed by atoms with Gasteiger partial charge in [-0.15, -0.1) is 0 Å². The molecule has 90 heavy (non-hydrogen) atoms. The Morgan fingerprint density at radius 2 is 0.556 bits per heavy atom. The van der Waals surface area contributed by atoms with E-state index < -0.39 is 121 Å². The lowest BCUT2D eigenvalue weighted by atomic mass is 9.77. The zero-order valence-electron chi connectivity index (χ0n) is 57.9. The second-order valence-electron chi connectivity index (χ2n) is 31.3. The zero-order valence-corrected chi connectivity index (χ0v) is 57.9. The number of piperidine rings is 4. The van der Waals surface area contributed by atoms with Crippen LogP contribution in [-0.4, -0.2) is 171 Å². The third-order valence-electron chi connectivity index (χ3n) is 19.0. The lowest BCUT2D eigenvalue weighted by Gasteiger charge is -2.51. The largest absolute Gasteiger partial charge is 0.462 e. The lowest BCUT2D eigenvalue weighted by Crippen LogP contribution is -2.61. The molecule has 0 saturated carbocycles. The molecule has 4 fully saturated rings. The number of rotatable bonds is 27. The maximum absolute atomic E-state index is 14.9. The first-order valence-electron chi connectivity index (χ1n) is 32.9. The van der Waals surface area contributed by atoms with Crippen molar-refractivity contribution in [2.45, 2.75) is 322 Å². The predicted molar refractivity (Wildman–Crippen MR) is 334 cm³/mol. The number of benzene rings is 1. The topological polar surface area (TPSA) is 278 Å². The molecule has 5 rings (SSSR count). The molecule has 4 saturated heterocycles. The normalized spacial score (nSPS) is 22.2. The number of nitrogens with zero attached hydrogens (tertiary/aromatic N) is 4. The Morgan fingerprint density at radius 1 is 0.356 bits per heavy atom. The van der Waals surface area contributed by atoms with Gasteiger partial charge in [0.05, 0.1) is 36.5 Å². The Balaban J connectivity index is 1.40. The highest BCUT2D eigenvalue weighted by atomic mass is 16.6. The van der Waals surface area contributed by atoms with Gasteiger partial charge in [0.1, 0.15) is 24.4 Å². The number of carbonyl (C=O) groups excluding carboxylic acids is 7. The first-order valence-corrected chi connectivity index (χ1v) is 32.9. The minimum absolute atomic E-state index is 0.0262. The van der Waals surface area contributed by atoms with Gasteiger partial charge in [-0.05, 0) is 174 Å². The summed E-state index contributed by atoms with van der Waals surface area (Å²) in [5.41, 5.74) is -10.5. The highest BCUT2D eigenvalue weighted by Crippen LogP contribution is 2.46. The van der Waals surface area contributed by atoms with E-state index in [4.69, 9.17) is 33.2 Å². The van der Waals surface area contributed by atoms with Crippen molar-refractivity contribution in [1.29, 1.82) is 0 Å². The first kappa shape index (κ1) is 75.9. The fourth-order valence-corrected chi connectivity index (χ4v) is 14.8. The number of hydrogen-bond acceptors (Lipinski definition) is 22. The summed E-state index contributed by atoms with van der Waals surface area (Å²) >= 11 is 0. The van der Waals surface area contributed by atoms with Crippen LogP contribution >= 0.6 is 0 Å². The Bertz CT molecular complexity index is 2350. The number of ether oxygens (including phenoxy) is 7. The van der Waals surface area contributed by atoms with Gasteiger partial charge in [0.2, 0.25) is 0 Å². The smallest absolute Gasteiger partial charge is 0.338 e. The Kier molecular flexibility index (Phi) is 24.7. The van der Waals surface area contributed by atoms with Crippen LogP contribution in [0.3, 0.4) is 0 Å². The first-order chi connectivity index (χ1) is 41.4. The Hall–Kier alpha value is -4.81. The van der Waals surface area contributed by atoms with Crippen LogP contribution in [0.1, 0.15) is 285 Å². The average Bonchev–Trinajstić information content (AvgIpc) is 0.891. The molecule has 0 aromatic heterocycles. The van der Waals surface area contributed by atoms with E-state index in [0.717, 1.165) is 0 Å². The van der Waals surface area contributed by atoms with Gasteiger partial charge in [0, 0.05) is 95.7 Å². The zero-order chi connectivity index (χ0) is 68.0. The maximum Gasteiger partial charge on any atom is 0.338 e. The molecule has 4 aliphatic rings. The van der Waals surface area contributed by atoms with Crippen molar-refractivity contribution in [1.82, 2.24) is 20.3 Å². The number of hydrogen-bond donors (Lipinski definition) is 4. The summed E-state index contributed by atoms with van der Waals surface area (Å²) in [5.74, 6) is -5.86. The van der Waals surface area contributed by atoms with Gasteiger partial charge < -0.3 is 54.0 Å². The summed E-state index contributed by atoms with van der Waals surface area (Å²) in [6.07, 6.45) is 1.81. The van der Waals surface area contributed by atoms with Crippen LogP contribution in [0.5, 0.6) is 0 Å². The van der Waals surface area contributed by atoms with E-state index in [1.54, 1.807) is 6.92 Å². The Labute approximate surface area is 535 Å². The molecule has 512 valence electrons. The molecule has 0 bridgehead atoms. The minimum Gasteiger partial charge on any atom is -0.462 e. The minimum atomic E-state index is -1.85. The summed E-state index contributed by atoms with van der Waals surface area (Å²) in [6, 6.07) is 3.68. The monoisotopic (exact) mass is 1270 g/mol. The van der Waals surface area contributed by atoms with E-state index in [-0.39, 0.29) is 126 Å². The fourth-order valence-electron chi connectivity index (χ4n) is 14.8. The van der Waals surface area contributed by atoms with E-state index in [0.29, 0.717) is 32.1 Å². The second kappa shape index (κ2) is 29.2. The molecule has 0 amide bonds. The summed E-state index contributed by atoms with van der Waals surface area (Å²) in [4.78, 5) is 102. The second-order valence-corrected chi connectivity index (χ2v) is 31.3. The third kappa shape index (κ3) is 17.9.